The number of alkyl halides is 5. The van der Waals surface area contributed by atoms with Crippen molar-refractivity contribution >= 4 is 28.1 Å². The van der Waals surface area contributed by atoms with Crippen LogP contribution in [0, 0.1) is 12.8 Å². The van der Waals surface area contributed by atoms with Gasteiger partial charge in [0.05, 0.1) is 11.6 Å². The highest BCUT2D eigenvalue weighted by Crippen LogP contribution is 2.43. The Morgan fingerprint density at radius 1 is 1.19 bits per heavy atom. The molecule has 0 aliphatic heterocycles. The molecule has 1 unspecified atom stereocenters. The molecular weight excluding hydrogens is 515 g/mol. The summed E-state index contributed by atoms with van der Waals surface area (Å²) in [5.41, 5.74) is 1.76. The molecule has 1 aliphatic carbocycles. The van der Waals surface area contributed by atoms with Gasteiger partial charge in [-0.15, -0.1) is 11.3 Å². The molecule has 0 bridgehead atoms. The number of halogens is 5. The van der Waals surface area contributed by atoms with Crippen LogP contribution in [0.25, 0.3) is 21.5 Å². The van der Waals surface area contributed by atoms with Crippen molar-refractivity contribution in [2.45, 2.75) is 51.4 Å². The van der Waals surface area contributed by atoms with Gasteiger partial charge in [-0.05, 0) is 31.9 Å². The smallest absolute Gasteiger partial charge is 0.345 e. The normalized spacial score (nSPS) is 16.5. The molecular formula is C24H21F5N6OS. The van der Waals surface area contributed by atoms with E-state index in [4.69, 9.17) is 0 Å². The molecule has 1 fully saturated rings. The van der Waals surface area contributed by atoms with E-state index in [1.54, 1.807) is 36.1 Å². The van der Waals surface area contributed by atoms with E-state index in [1.807, 2.05) is 6.92 Å². The van der Waals surface area contributed by atoms with Crippen LogP contribution in [0.4, 0.5) is 22.0 Å². The van der Waals surface area contributed by atoms with Crippen molar-refractivity contribution in [3.63, 3.8) is 0 Å². The molecule has 4 aromatic rings. The second-order valence-electron chi connectivity index (χ2n) is 9.25. The minimum Gasteiger partial charge on any atom is -0.345 e. The summed E-state index contributed by atoms with van der Waals surface area (Å²) >= 11 is 1.44. The predicted molar refractivity (Wildman–Crippen MR) is 126 cm³/mol. The van der Waals surface area contributed by atoms with Crippen molar-refractivity contribution < 1.29 is 26.7 Å². The number of hydrogen-bond donors (Lipinski definition) is 1. The Hall–Kier alpha value is -3.48. The lowest BCUT2D eigenvalue weighted by atomic mass is 9.81. The Kier molecular flexibility index (Phi) is 6.21. The fraction of sp³-hybridized carbons (Fsp3) is 0.375. The lowest BCUT2D eigenvalue weighted by Crippen LogP contribution is -2.37. The van der Waals surface area contributed by atoms with Gasteiger partial charge in [-0.25, -0.2) is 23.7 Å². The Labute approximate surface area is 211 Å². The summed E-state index contributed by atoms with van der Waals surface area (Å²) in [4.78, 5) is 25.2. The number of thiazole rings is 1. The zero-order valence-electron chi connectivity index (χ0n) is 19.7. The first-order valence-electron chi connectivity index (χ1n) is 11.4. The van der Waals surface area contributed by atoms with Crippen LogP contribution in [0.2, 0.25) is 0 Å². The first-order valence-corrected chi connectivity index (χ1v) is 12.2. The number of nitrogens with zero attached hydrogens (tertiary/aromatic N) is 5. The van der Waals surface area contributed by atoms with E-state index in [2.05, 4.69) is 25.4 Å². The maximum absolute atomic E-state index is 13.3. The standard InChI is InChI=1S/C24H21F5N6OS/c1-12-7-30-21(37-12)17-3-15(4-19-18(17)11-35(34-19)10-14-5-23(25,26)6-14)20(36)33-13(2)16-8-31-22(32-9-16)24(27,28)29/h3-4,7-9,11,13-14H,5-6,10H2,1-2H3,(H,33,36). The van der Waals surface area contributed by atoms with Crippen molar-refractivity contribution in [2.24, 2.45) is 5.92 Å². The van der Waals surface area contributed by atoms with Gasteiger partial charge >= 0.3 is 6.18 Å². The second-order valence-corrected chi connectivity index (χ2v) is 10.5. The van der Waals surface area contributed by atoms with E-state index in [0.717, 1.165) is 22.7 Å². The van der Waals surface area contributed by atoms with Gasteiger partial charge in [0, 0.05) is 71.1 Å². The number of fused-ring (bicyclic) bond motifs is 1. The van der Waals surface area contributed by atoms with E-state index >= 15 is 0 Å². The molecule has 0 radical (unpaired) electrons. The molecule has 7 nitrogen and oxygen atoms in total. The van der Waals surface area contributed by atoms with Gasteiger partial charge in [-0.3, -0.25) is 9.48 Å². The number of amides is 1. The zero-order valence-corrected chi connectivity index (χ0v) is 20.5. The first-order chi connectivity index (χ1) is 17.4. The van der Waals surface area contributed by atoms with Crippen molar-refractivity contribution in [1.82, 2.24) is 30.0 Å². The van der Waals surface area contributed by atoms with Gasteiger partial charge in [0.15, 0.2) is 0 Å². The molecule has 37 heavy (non-hydrogen) atoms. The monoisotopic (exact) mass is 536 g/mol. The van der Waals surface area contributed by atoms with Gasteiger partial charge in [-0.2, -0.15) is 18.3 Å². The zero-order chi connectivity index (χ0) is 26.5. The SMILES string of the molecule is Cc1cnc(-c2cc(C(=O)NC(C)c3cnc(C(F)(F)F)nc3)cc3nn(CC4CC(F)(F)C4)cc23)s1. The van der Waals surface area contributed by atoms with Crippen LogP contribution in [-0.4, -0.2) is 36.6 Å². The summed E-state index contributed by atoms with van der Waals surface area (Å²) in [7, 11) is 0. The van der Waals surface area contributed by atoms with Crippen molar-refractivity contribution in [3.05, 3.63) is 58.7 Å². The Morgan fingerprint density at radius 3 is 2.49 bits per heavy atom. The molecule has 3 aromatic heterocycles. The van der Waals surface area contributed by atoms with Crippen molar-refractivity contribution in [1.29, 1.82) is 0 Å². The summed E-state index contributed by atoms with van der Waals surface area (Å²) in [5.74, 6) is -4.53. The Bertz CT molecular complexity index is 1450. The molecule has 3 heterocycles. The molecule has 1 atom stereocenters. The van der Waals surface area contributed by atoms with Crippen LogP contribution in [0.1, 0.15) is 52.4 Å². The van der Waals surface area contributed by atoms with E-state index in [0.29, 0.717) is 28.2 Å². The molecule has 194 valence electrons. The highest BCUT2D eigenvalue weighted by atomic mass is 32.1. The average molecular weight is 537 g/mol. The molecule has 1 aliphatic rings. The van der Waals surface area contributed by atoms with E-state index in [-0.39, 0.29) is 24.3 Å². The van der Waals surface area contributed by atoms with Gasteiger partial charge < -0.3 is 5.32 Å². The minimum absolute atomic E-state index is 0.176. The second kappa shape index (κ2) is 9.12. The third-order valence-corrected chi connectivity index (χ3v) is 7.13. The Balaban J connectivity index is 1.42. The van der Waals surface area contributed by atoms with Crippen LogP contribution >= 0.6 is 11.3 Å². The third kappa shape index (κ3) is 5.31. The van der Waals surface area contributed by atoms with Crippen LogP contribution < -0.4 is 5.32 Å². The molecule has 0 saturated heterocycles. The number of carbonyl (C=O) groups is 1. The summed E-state index contributed by atoms with van der Waals surface area (Å²) in [5, 5.41) is 8.69. The average Bonchev–Trinajstić information content (AvgIpc) is 3.42. The summed E-state index contributed by atoms with van der Waals surface area (Å²) in [6.07, 6.45) is 0.530. The summed E-state index contributed by atoms with van der Waals surface area (Å²) in [6.45, 7) is 3.85. The van der Waals surface area contributed by atoms with Crippen LogP contribution in [0.3, 0.4) is 0 Å². The van der Waals surface area contributed by atoms with Crippen LogP contribution in [-0.2, 0) is 12.7 Å². The molecule has 1 amide bonds. The van der Waals surface area contributed by atoms with Crippen molar-refractivity contribution in [2.75, 3.05) is 0 Å². The van der Waals surface area contributed by atoms with E-state index in [9.17, 15) is 26.7 Å². The molecule has 1 N–H and O–H groups in total. The summed E-state index contributed by atoms with van der Waals surface area (Å²) < 4.78 is 66.4. The molecule has 1 aromatic carbocycles. The fourth-order valence-electron chi connectivity index (χ4n) is 4.30. The molecule has 1 saturated carbocycles. The summed E-state index contributed by atoms with van der Waals surface area (Å²) in [6, 6.07) is 2.60. The number of aromatic nitrogens is 5. The quantitative estimate of drug-likeness (QED) is 0.314. The maximum atomic E-state index is 13.3. The van der Waals surface area contributed by atoms with E-state index < -0.39 is 29.9 Å². The Morgan fingerprint density at radius 2 is 1.89 bits per heavy atom. The highest BCUT2D eigenvalue weighted by Gasteiger charge is 2.45. The number of nitrogens with one attached hydrogen (secondary N) is 1. The fourth-order valence-corrected chi connectivity index (χ4v) is 5.10. The van der Waals surface area contributed by atoms with Crippen molar-refractivity contribution in [3.8, 4) is 10.6 Å². The van der Waals surface area contributed by atoms with Gasteiger partial charge in [0.1, 0.15) is 5.01 Å². The minimum atomic E-state index is -4.66. The van der Waals surface area contributed by atoms with Crippen LogP contribution in [0.5, 0.6) is 0 Å². The number of rotatable bonds is 6. The molecule has 5 rings (SSSR count). The maximum Gasteiger partial charge on any atom is 0.451 e. The lowest BCUT2D eigenvalue weighted by Gasteiger charge is -2.34. The van der Waals surface area contributed by atoms with Gasteiger partial charge in [-0.1, -0.05) is 0 Å². The number of carbonyl (C=O) groups excluding carboxylic acids is 1. The largest absolute Gasteiger partial charge is 0.451 e. The number of hydrogen-bond acceptors (Lipinski definition) is 6. The number of benzene rings is 1. The van der Waals surface area contributed by atoms with Crippen LogP contribution in [0.15, 0.2) is 36.9 Å². The third-order valence-electron chi connectivity index (χ3n) is 6.18. The lowest BCUT2D eigenvalue weighted by molar-refractivity contribution is -0.145. The first kappa shape index (κ1) is 25.2. The van der Waals surface area contributed by atoms with E-state index in [1.165, 1.54) is 11.3 Å². The topological polar surface area (TPSA) is 85.6 Å². The number of aryl methyl sites for hydroxylation is 1. The predicted octanol–water partition coefficient (Wildman–Crippen LogP) is 5.81. The molecule has 0 spiro atoms. The van der Waals surface area contributed by atoms with Gasteiger partial charge in [0.25, 0.3) is 5.91 Å². The molecule has 13 heteroatoms. The van der Waals surface area contributed by atoms with Gasteiger partial charge in [0.2, 0.25) is 11.7 Å². The highest BCUT2D eigenvalue weighted by molar-refractivity contribution is 7.15.